The molecule has 0 fully saturated rings. The molecule has 2 aromatic heterocycles. The van der Waals surface area contributed by atoms with Gasteiger partial charge in [0, 0.05) is 44.2 Å². The molecule has 58 heavy (non-hydrogen) atoms. The molecule has 0 bridgehead atoms. The molecule has 11 rings (SSSR count). The van der Waals surface area contributed by atoms with Crippen molar-refractivity contribution < 1.29 is 0 Å². The Bertz CT molecular complexity index is 3220. The average molecular weight is 751 g/mol. The van der Waals surface area contributed by atoms with Crippen LogP contribution in [0, 0.1) is 6.92 Å². The Hall–Kier alpha value is -5.80. The van der Waals surface area contributed by atoms with Gasteiger partial charge in [-0.2, -0.15) is 0 Å². The maximum atomic E-state index is 2.79. The van der Waals surface area contributed by atoms with E-state index in [1.165, 1.54) is 116 Å². The van der Waals surface area contributed by atoms with E-state index in [1.807, 2.05) is 0 Å². The molecule has 3 heteroatoms. The first kappa shape index (κ1) is 35.4. The minimum Gasteiger partial charge on any atom is -0.375 e. The zero-order valence-corrected chi connectivity index (χ0v) is 35.6. The van der Waals surface area contributed by atoms with Crippen LogP contribution >= 0.6 is 0 Å². The number of nitrogens with zero attached hydrogens (tertiary/aromatic N) is 2. The Kier molecular flexibility index (Phi) is 7.11. The normalized spacial score (nSPS) is 13.7. The second-order valence-corrected chi connectivity index (χ2v) is 20.3. The lowest BCUT2D eigenvalue weighted by Gasteiger charge is -2.37. The molecule has 0 aliphatic carbocycles. The van der Waals surface area contributed by atoms with Gasteiger partial charge in [0.05, 0.1) is 11.0 Å². The van der Waals surface area contributed by atoms with Gasteiger partial charge in [0.15, 0.2) is 0 Å². The van der Waals surface area contributed by atoms with Crippen molar-refractivity contribution in [1.82, 2.24) is 9.05 Å². The number of hydrogen-bond acceptors (Lipinski definition) is 0. The molecular weight excluding hydrogens is 699 g/mol. The number of benzene rings is 7. The molecular formula is C55H51BN2. The van der Waals surface area contributed by atoms with E-state index in [9.17, 15) is 0 Å². The summed E-state index contributed by atoms with van der Waals surface area (Å²) in [6, 6.07) is 49.3. The van der Waals surface area contributed by atoms with Crippen molar-refractivity contribution in [3.63, 3.8) is 0 Å². The van der Waals surface area contributed by atoms with E-state index in [1.54, 1.807) is 0 Å². The van der Waals surface area contributed by atoms with Gasteiger partial charge in [-0.25, -0.2) is 0 Å². The standard InChI is InChI=1S/C55H51BN2/c1-32-18-14-16-22-38(32)47-43-26-34-21-15-17-23-39(34)48-42-29-37(55(8,9)10)31-46-49(42)56(58(52(43)48)50(47)33-19-12-11-13-20-33)44-30-36(54(5,6)7)28-41-40-27-35(53(2,3)4)24-25-45(40)57(46)51(41)44/h11-31H,1-10H3. The third-order valence-corrected chi connectivity index (χ3v) is 13.5. The molecule has 0 amide bonds. The molecule has 0 unspecified atom stereocenters. The molecule has 4 heterocycles. The third-order valence-electron chi connectivity index (χ3n) is 13.5. The van der Waals surface area contributed by atoms with Crippen LogP contribution in [0.3, 0.4) is 0 Å². The van der Waals surface area contributed by atoms with Crippen LogP contribution < -0.4 is 10.9 Å². The number of hydrogen-bond donors (Lipinski definition) is 0. The minimum absolute atomic E-state index is 0.0270. The molecule has 2 aliphatic heterocycles. The van der Waals surface area contributed by atoms with Crippen LogP contribution in [0.25, 0.3) is 82.7 Å². The van der Waals surface area contributed by atoms with Crippen LogP contribution in [0.1, 0.15) is 84.6 Å². The second kappa shape index (κ2) is 11.7. The van der Waals surface area contributed by atoms with Gasteiger partial charge in [0.25, 0.3) is 0 Å². The summed E-state index contributed by atoms with van der Waals surface area (Å²) in [6.45, 7) is 23.5. The topological polar surface area (TPSA) is 9.86 Å². The zero-order valence-electron chi connectivity index (χ0n) is 35.6. The highest BCUT2D eigenvalue weighted by Crippen LogP contribution is 2.51. The van der Waals surface area contributed by atoms with Gasteiger partial charge in [-0.05, 0) is 114 Å². The van der Waals surface area contributed by atoms with Gasteiger partial charge in [-0.1, -0.05) is 159 Å². The smallest absolute Gasteiger partial charge is 0.333 e. The average Bonchev–Trinajstić information content (AvgIpc) is 3.70. The van der Waals surface area contributed by atoms with E-state index in [0.717, 1.165) is 0 Å². The molecule has 0 atom stereocenters. The van der Waals surface area contributed by atoms with Gasteiger partial charge in [0.1, 0.15) is 0 Å². The fourth-order valence-corrected chi connectivity index (χ4v) is 10.4. The van der Waals surface area contributed by atoms with Crippen molar-refractivity contribution in [2.75, 3.05) is 0 Å². The lowest BCUT2D eigenvalue weighted by molar-refractivity contribution is 0.590. The third kappa shape index (κ3) is 4.80. The molecule has 0 radical (unpaired) electrons. The number of aryl methyl sites for hydroxylation is 1. The minimum atomic E-state index is -0.0659. The number of aromatic nitrogens is 2. The van der Waals surface area contributed by atoms with E-state index in [2.05, 4.69) is 206 Å². The molecule has 2 nitrogen and oxygen atoms in total. The SMILES string of the molecule is Cc1ccccc1-c1c(-c2ccccc2)n2c3c(c4ccccc4cc13)-c1cc(C(C)(C)C)cc3c1B2c1cc(C(C)(C)C)cc2c4cc(C(C)(C)C)ccc4n-3c12. The molecule has 0 spiro atoms. The van der Waals surface area contributed by atoms with Crippen molar-refractivity contribution in [2.24, 2.45) is 0 Å². The maximum absolute atomic E-state index is 2.79. The molecule has 0 saturated heterocycles. The first-order valence-electron chi connectivity index (χ1n) is 21.1. The summed E-state index contributed by atoms with van der Waals surface area (Å²) in [5.41, 5.74) is 21.2. The van der Waals surface area contributed by atoms with Crippen LogP contribution in [0.4, 0.5) is 0 Å². The van der Waals surface area contributed by atoms with E-state index in [0.29, 0.717) is 0 Å². The van der Waals surface area contributed by atoms with E-state index in [-0.39, 0.29) is 23.1 Å². The Labute approximate surface area is 343 Å². The summed E-state index contributed by atoms with van der Waals surface area (Å²) >= 11 is 0. The first-order valence-corrected chi connectivity index (χ1v) is 21.1. The number of rotatable bonds is 2. The largest absolute Gasteiger partial charge is 0.375 e. The first-order chi connectivity index (χ1) is 27.6. The highest BCUT2D eigenvalue weighted by atomic mass is 15.0. The number of fused-ring (bicyclic) bond motifs is 9. The van der Waals surface area contributed by atoms with Crippen molar-refractivity contribution in [3.8, 4) is 39.2 Å². The predicted molar refractivity (Wildman–Crippen MR) is 251 cm³/mol. The summed E-state index contributed by atoms with van der Waals surface area (Å²) in [5.74, 6) is 0. The van der Waals surface area contributed by atoms with Crippen LogP contribution in [-0.4, -0.2) is 15.9 Å². The van der Waals surface area contributed by atoms with Crippen LogP contribution in [0.2, 0.25) is 0 Å². The van der Waals surface area contributed by atoms with E-state index >= 15 is 0 Å². The zero-order chi connectivity index (χ0) is 40.2. The predicted octanol–water partition coefficient (Wildman–Crippen LogP) is 13.4. The molecule has 9 aromatic rings. The summed E-state index contributed by atoms with van der Waals surface area (Å²) in [6.07, 6.45) is 0. The highest BCUT2D eigenvalue weighted by molar-refractivity contribution is 6.90. The second-order valence-electron chi connectivity index (χ2n) is 20.3. The Balaban J connectivity index is 1.44. The van der Waals surface area contributed by atoms with Gasteiger partial charge in [-0.15, -0.1) is 0 Å². The van der Waals surface area contributed by atoms with Crippen LogP contribution in [0.5, 0.6) is 0 Å². The summed E-state index contributed by atoms with van der Waals surface area (Å²) in [4.78, 5) is 0. The molecule has 284 valence electrons. The van der Waals surface area contributed by atoms with E-state index in [4.69, 9.17) is 0 Å². The van der Waals surface area contributed by atoms with Gasteiger partial charge >= 0.3 is 6.85 Å². The van der Waals surface area contributed by atoms with Crippen molar-refractivity contribution in [1.29, 1.82) is 0 Å². The quantitative estimate of drug-likeness (QED) is 0.156. The lowest BCUT2D eigenvalue weighted by Crippen LogP contribution is -2.56. The molecule has 2 aliphatic rings. The summed E-state index contributed by atoms with van der Waals surface area (Å²) in [7, 11) is 0. The van der Waals surface area contributed by atoms with E-state index < -0.39 is 0 Å². The Morgan fingerprint density at radius 3 is 1.86 bits per heavy atom. The fraction of sp³-hybridized carbons (Fsp3) is 0.236. The lowest BCUT2D eigenvalue weighted by atomic mass is 9.45. The van der Waals surface area contributed by atoms with Crippen LogP contribution in [-0.2, 0) is 16.2 Å². The van der Waals surface area contributed by atoms with Crippen molar-refractivity contribution in [3.05, 3.63) is 150 Å². The van der Waals surface area contributed by atoms with Crippen molar-refractivity contribution >= 4 is 61.3 Å². The highest BCUT2D eigenvalue weighted by Gasteiger charge is 2.44. The maximum Gasteiger partial charge on any atom is 0.333 e. The fourth-order valence-electron chi connectivity index (χ4n) is 10.4. The molecule has 7 aromatic carbocycles. The monoisotopic (exact) mass is 750 g/mol. The Morgan fingerprint density at radius 2 is 1.14 bits per heavy atom. The van der Waals surface area contributed by atoms with Gasteiger partial charge in [-0.3, -0.25) is 0 Å². The van der Waals surface area contributed by atoms with Crippen molar-refractivity contribution in [2.45, 2.75) is 85.5 Å². The van der Waals surface area contributed by atoms with Gasteiger partial charge in [0.2, 0.25) is 0 Å². The Morgan fingerprint density at radius 1 is 0.483 bits per heavy atom. The van der Waals surface area contributed by atoms with Crippen LogP contribution in [0.15, 0.2) is 127 Å². The summed E-state index contributed by atoms with van der Waals surface area (Å²) in [5, 5.41) is 6.60. The molecule has 0 N–H and O–H groups in total. The van der Waals surface area contributed by atoms with Gasteiger partial charge < -0.3 is 9.05 Å². The molecule has 0 saturated carbocycles. The summed E-state index contributed by atoms with van der Waals surface area (Å²) < 4.78 is 5.45.